The fourth-order valence-electron chi connectivity index (χ4n) is 3.01. The molecule has 0 aromatic heterocycles. The van der Waals surface area contributed by atoms with E-state index in [4.69, 9.17) is 0 Å². The van der Waals surface area contributed by atoms with Crippen LogP contribution in [0.2, 0.25) is 0 Å². The van der Waals surface area contributed by atoms with Crippen LogP contribution < -0.4 is 0 Å². The predicted molar refractivity (Wildman–Crippen MR) is 61.6 cm³/mol. The molecule has 1 aliphatic carbocycles. The van der Waals surface area contributed by atoms with Crippen molar-refractivity contribution in [3.8, 4) is 0 Å². The number of hydrogen-bond donors (Lipinski definition) is 0. The Balaban J connectivity index is 1.78. The van der Waals surface area contributed by atoms with Crippen LogP contribution >= 0.6 is 0 Å². The predicted octanol–water partition coefficient (Wildman–Crippen LogP) is 2.83. The molecule has 1 saturated heterocycles. The summed E-state index contributed by atoms with van der Waals surface area (Å²) in [6.07, 6.45) is 8.59. The average Bonchev–Trinajstić information content (AvgIpc) is 2.70. The molecule has 0 aromatic rings. The van der Waals surface area contributed by atoms with Gasteiger partial charge in [-0.05, 0) is 37.5 Å². The molecule has 1 aliphatic heterocycles. The summed E-state index contributed by atoms with van der Waals surface area (Å²) < 4.78 is 0. The maximum atomic E-state index is 12.0. The molecule has 1 atom stereocenters. The highest BCUT2D eigenvalue weighted by Crippen LogP contribution is 2.28. The fourth-order valence-corrected chi connectivity index (χ4v) is 3.01. The Morgan fingerprint density at radius 3 is 2.60 bits per heavy atom. The Kier molecular flexibility index (Phi) is 3.66. The molecule has 86 valence electrons. The molecule has 2 heteroatoms. The molecule has 0 radical (unpaired) electrons. The van der Waals surface area contributed by atoms with Crippen LogP contribution in [0.5, 0.6) is 0 Å². The van der Waals surface area contributed by atoms with Crippen molar-refractivity contribution in [2.45, 2.75) is 51.9 Å². The van der Waals surface area contributed by atoms with E-state index >= 15 is 0 Å². The lowest BCUT2D eigenvalue weighted by molar-refractivity contribution is -0.133. The molecule has 1 unspecified atom stereocenters. The summed E-state index contributed by atoms with van der Waals surface area (Å²) in [7, 11) is 0. The number of hydrogen-bond acceptors (Lipinski definition) is 1. The Labute approximate surface area is 93.0 Å². The number of nitrogens with zero attached hydrogens (tertiary/aromatic N) is 1. The van der Waals surface area contributed by atoms with Crippen LogP contribution in [-0.2, 0) is 4.79 Å². The number of piperidine rings is 1. The fraction of sp³-hybridized carbons (Fsp3) is 0.923. The largest absolute Gasteiger partial charge is 0.342 e. The smallest absolute Gasteiger partial charge is 0.222 e. The summed E-state index contributed by atoms with van der Waals surface area (Å²) in [5.41, 5.74) is 0. The van der Waals surface area contributed by atoms with Gasteiger partial charge < -0.3 is 4.90 Å². The van der Waals surface area contributed by atoms with Gasteiger partial charge in [0.15, 0.2) is 0 Å². The van der Waals surface area contributed by atoms with Crippen molar-refractivity contribution in [1.82, 2.24) is 4.90 Å². The van der Waals surface area contributed by atoms with Gasteiger partial charge in [0.2, 0.25) is 5.91 Å². The molecule has 2 fully saturated rings. The lowest BCUT2D eigenvalue weighted by Gasteiger charge is -2.31. The average molecular weight is 209 g/mol. The highest BCUT2D eigenvalue weighted by molar-refractivity contribution is 5.76. The highest BCUT2D eigenvalue weighted by atomic mass is 16.2. The summed E-state index contributed by atoms with van der Waals surface area (Å²) in [6.45, 7) is 4.27. The van der Waals surface area contributed by atoms with Crippen molar-refractivity contribution < 1.29 is 4.79 Å². The van der Waals surface area contributed by atoms with Crippen molar-refractivity contribution >= 4 is 5.91 Å². The van der Waals surface area contributed by atoms with Gasteiger partial charge in [0.05, 0.1) is 0 Å². The van der Waals surface area contributed by atoms with Gasteiger partial charge in [-0.3, -0.25) is 4.79 Å². The third-order valence-corrected chi connectivity index (χ3v) is 3.95. The molecule has 0 bridgehead atoms. The first-order chi connectivity index (χ1) is 7.25. The molecule has 0 aromatic carbocycles. The van der Waals surface area contributed by atoms with E-state index in [2.05, 4.69) is 11.8 Å². The van der Waals surface area contributed by atoms with Crippen molar-refractivity contribution in [2.24, 2.45) is 11.8 Å². The second-order valence-corrected chi connectivity index (χ2v) is 5.44. The molecule has 2 rings (SSSR count). The second-order valence-electron chi connectivity index (χ2n) is 5.44. The monoisotopic (exact) mass is 209 g/mol. The minimum Gasteiger partial charge on any atom is -0.342 e. The zero-order valence-electron chi connectivity index (χ0n) is 9.87. The van der Waals surface area contributed by atoms with Gasteiger partial charge >= 0.3 is 0 Å². The van der Waals surface area contributed by atoms with Crippen LogP contribution in [0.1, 0.15) is 51.9 Å². The summed E-state index contributed by atoms with van der Waals surface area (Å²) in [4.78, 5) is 14.1. The lowest BCUT2D eigenvalue weighted by Crippen LogP contribution is -2.39. The van der Waals surface area contributed by atoms with E-state index in [0.29, 0.717) is 17.7 Å². The quantitative estimate of drug-likeness (QED) is 0.685. The Morgan fingerprint density at radius 2 is 1.93 bits per heavy atom. The normalized spacial score (nSPS) is 28.3. The first kappa shape index (κ1) is 11.0. The van der Waals surface area contributed by atoms with Crippen molar-refractivity contribution in [3.63, 3.8) is 0 Å². The van der Waals surface area contributed by atoms with Gasteiger partial charge in [-0.15, -0.1) is 0 Å². The number of carbonyl (C=O) groups is 1. The summed E-state index contributed by atoms with van der Waals surface area (Å²) >= 11 is 0. The van der Waals surface area contributed by atoms with Crippen LogP contribution in [0.4, 0.5) is 0 Å². The van der Waals surface area contributed by atoms with Gasteiger partial charge in [-0.2, -0.15) is 0 Å². The van der Waals surface area contributed by atoms with Crippen LogP contribution in [0.3, 0.4) is 0 Å². The standard InChI is InChI=1S/C13H23NO/c1-11-5-4-8-14(10-11)13(15)9-12-6-2-3-7-12/h11-12H,2-10H2,1H3. The first-order valence-corrected chi connectivity index (χ1v) is 6.53. The Morgan fingerprint density at radius 1 is 1.20 bits per heavy atom. The van der Waals surface area contributed by atoms with Crippen LogP contribution in [0.25, 0.3) is 0 Å². The maximum absolute atomic E-state index is 12.0. The highest BCUT2D eigenvalue weighted by Gasteiger charge is 2.24. The minimum atomic E-state index is 0.424. The number of amides is 1. The van der Waals surface area contributed by atoms with Gasteiger partial charge in [0, 0.05) is 19.5 Å². The van der Waals surface area contributed by atoms with Crippen molar-refractivity contribution in [1.29, 1.82) is 0 Å². The molecule has 1 saturated carbocycles. The number of rotatable bonds is 2. The second kappa shape index (κ2) is 5.00. The molecular formula is C13H23NO. The van der Waals surface area contributed by atoms with Gasteiger partial charge in [0.1, 0.15) is 0 Å². The van der Waals surface area contributed by atoms with E-state index in [1.165, 1.54) is 38.5 Å². The minimum absolute atomic E-state index is 0.424. The van der Waals surface area contributed by atoms with Crippen LogP contribution in [0, 0.1) is 11.8 Å². The molecule has 0 N–H and O–H groups in total. The van der Waals surface area contributed by atoms with E-state index in [1.54, 1.807) is 0 Å². The molecule has 1 amide bonds. The van der Waals surface area contributed by atoms with Crippen molar-refractivity contribution in [3.05, 3.63) is 0 Å². The zero-order chi connectivity index (χ0) is 10.7. The topological polar surface area (TPSA) is 20.3 Å². The molecule has 2 aliphatic rings. The number of carbonyl (C=O) groups excluding carboxylic acids is 1. The van der Waals surface area contributed by atoms with E-state index in [0.717, 1.165) is 19.5 Å². The van der Waals surface area contributed by atoms with E-state index in [-0.39, 0.29) is 0 Å². The molecule has 0 spiro atoms. The molecule has 2 nitrogen and oxygen atoms in total. The Bertz CT molecular complexity index is 221. The summed E-state index contributed by atoms with van der Waals surface area (Å²) in [5.74, 6) is 1.84. The third kappa shape index (κ3) is 2.96. The Hall–Kier alpha value is -0.530. The molecule has 15 heavy (non-hydrogen) atoms. The number of likely N-dealkylation sites (tertiary alicyclic amines) is 1. The lowest BCUT2D eigenvalue weighted by atomic mass is 9.98. The summed E-state index contributed by atoms with van der Waals surface area (Å²) in [6, 6.07) is 0. The first-order valence-electron chi connectivity index (χ1n) is 6.53. The SMILES string of the molecule is CC1CCCN(C(=O)CC2CCCC2)C1. The zero-order valence-corrected chi connectivity index (χ0v) is 9.87. The van der Waals surface area contributed by atoms with Crippen molar-refractivity contribution in [2.75, 3.05) is 13.1 Å². The third-order valence-electron chi connectivity index (χ3n) is 3.95. The molecule has 1 heterocycles. The molecular weight excluding hydrogens is 186 g/mol. The van der Waals surface area contributed by atoms with Crippen LogP contribution in [-0.4, -0.2) is 23.9 Å². The maximum Gasteiger partial charge on any atom is 0.222 e. The van der Waals surface area contributed by atoms with Gasteiger partial charge in [-0.1, -0.05) is 19.8 Å². The van der Waals surface area contributed by atoms with Gasteiger partial charge in [0.25, 0.3) is 0 Å². The van der Waals surface area contributed by atoms with E-state index in [1.807, 2.05) is 0 Å². The summed E-state index contributed by atoms with van der Waals surface area (Å²) in [5, 5.41) is 0. The van der Waals surface area contributed by atoms with Crippen LogP contribution in [0.15, 0.2) is 0 Å². The van der Waals surface area contributed by atoms with Gasteiger partial charge in [-0.25, -0.2) is 0 Å². The van der Waals surface area contributed by atoms with E-state index < -0.39 is 0 Å². The van der Waals surface area contributed by atoms with E-state index in [9.17, 15) is 4.79 Å².